The monoisotopic (exact) mass is 330 g/mol. The number of esters is 1. The predicted molar refractivity (Wildman–Crippen MR) is 88.7 cm³/mol. The van der Waals surface area contributed by atoms with E-state index in [9.17, 15) is 4.79 Å². The van der Waals surface area contributed by atoms with Crippen molar-refractivity contribution in [3.05, 3.63) is 59.1 Å². The van der Waals surface area contributed by atoms with Crippen molar-refractivity contribution in [1.29, 1.82) is 0 Å². The molecule has 2 heterocycles. The average molecular weight is 331 g/mol. The molecule has 0 aliphatic heterocycles. The number of fused-ring (bicyclic) bond motifs is 1. The molecule has 0 atom stereocenters. The first-order chi connectivity index (χ1) is 11.2. The Hall–Kier alpha value is -2.53. The number of aromatic nitrogens is 1. The molecule has 6 heteroatoms. The van der Waals surface area contributed by atoms with Gasteiger partial charge in [0, 0.05) is 40.6 Å². The maximum Gasteiger partial charge on any atom is 0.374 e. The number of carbonyl (C=O) groups excluding carboxylic acids is 1. The van der Waals surface area contributed by atoms with Crippen LogP contribution in [0.25, 0.3) is 11.0 Å². The molecule has 1 N–H and O–H groups in total. The highest BCUT2D eigenvalue weighted by molar-refractivity contribution is 6.31. The van der Waals surface area contributed by atoms with E-state index < -0.39 is 5.97 Å². The molecule has 3 aromatic rings. The van der Waals surface area contributed by atoms with Gasteiger partial charge in [0.15, 0.2) is 0 Å². The molecule has 23 heavy (non-hydrogen) atoms. The second-order valence-electron chi connectivity index (χ2n) is 4.86. The van der Waals surface area contributed by atoms with E-state index in [1.165, 1.54) is 0 Å². The number of pyridine rings is 1. The van der Waals surface area contributed by atoms with Gasteiger partial charge in [-0.05, 0) is 37.3 Å². The van der Waals surface area contributed by atoms with Gasteiger partial charge in [-0.3, -0.25) is 4.98 Å². The van der Waals surface area contributed by atoms with Gasteiger partial charge in [0.05, 0.1) is 6.61 Å². The Labute approximate surface area is 138 Å². The van der Waals surface area contributed by atoms with Gasteiger partial charge in [-0.15, -0.1) is 0 Å². The van der Waals surface area contributed by atoms with E-state index in [2.05, 4.69) is 10.3 Å². The van der Waals surface area contributed by atoms with Crippen LogP contribution in [-0.4, -0.2) is 17.6 Å². The fourth-order valence-electron chi connectivity index (χ4n) is 2.32. The van der Waals surface area contributed by atoms with Gasteiger partial charge >= 0.3 is 5.97 Å². The van der Waals surface area contributed by atoms with Crippen molar-refractivity contribution in [3.8, 4) is 0 Å². The maximum absolute atomic E-state index is 12.1. The van der Waals surface area contributed by atoms with Crippen LogP contribution < -0.4 is 5.32 Å². The van der Waals surface area contributed by atoms with Crippen LogP contribution in [-0.2, 0) is 11.3 Å². The first kappa shape index (κ1) is 15.4. The minimum Gasteiger partial charge on any atom is -0.460 e. The SMILES string of the molecule is CCOC(=O)c1oc2ccc(Cl)cc2c1CNc1ccncc1. The first-order valence-corrected chi connectivity index (χ1v) is 7.58. The highest BCUT2D eigenvalue weighted by atomic mass is 35.5. The van der Waals surface area contributed by atoms with Crippen molar-refractivity contribution in [2.24, 2.45) is 0 Å². The van der Waals surface area contributed by atoms with Crippen LogP contribution in [0.4, 0.5) is 5.69 Å². The van der Waals surface area contributed by atoms with E-state index in [1.54, 1.807) is 37.5 Å². The van der Waals surface area contributed by atoms with Gasteiger partial charge in [0.25, 0.3) is 0 Å². The number of anilines is 1. The molecule has 5 nitrogen and oxygen atoms in total. The molecule has 0 saturated carbocycles. The van der Waals surface area contributed by atoms with E-state index in [0.29, 0.717) is 17.2 Å². The Kier molecular flexibility index (Phi) is 4.48. The maximum atomic E-state index is 12.1. The molecule has 0 unspecified atom stereocenters. The Balaban J connectivity index is 1.99. The van der Waals surface area contributed by atoms with Crippen molar-refractivity contribution in [2.45, 2.75) is 13.5 Å². The quantitative estimate of drug-likeness (QED) is 0.708. The number of hydrogen-bond donors (Lipinski definition) is 1. The summed E-state index contributed by atoms with van der Waals surface area (Å²) in [4.78, 5) is 16.1. The van der Waals surface area contributed by atoms with Crippen LogP contribution in [0, 0.1) is 0 Å². The molecule has 0 aliphatic carbocycles. The first-order valence-electron chi connectivity index (χ1n) is 7.21. The van der Waals surface area contributed by atoms with Gasteiger partial charge in [0.1, 0.15) is 5.58 Å². The van der Waals surface area contributed by atoms with Crippen molar-refractivity contribution < 1.29 is 13.9 Å². The highest BCUT2D eigenvalue weighted by Gasteiger charge is 2.21. The summed E-state index contributed by atoms with van der Waals surface area (Å²) in [5.41, 5.74) is 2.22. The van der Waals surface area contributed by atoms with Crippen molar-refractivity contribution >= 4 is 34.2 Å². The van der Waals surface area contributed by atoms with Gasteiger partial charge in [-0.25, -0.2) is 4.79 Å². The number of ether oxygens (including phenoxy) is 1. The number of furan rings is 1. The fraction of sp³-hybridized carbons (Fsp3) is 0.176. The minimum atomic E-state index is -0.480. The largest absolute Gasteiger partial charge is 0.460 e. The molecule has 0 aliphatic rings. The summed E-state index contributed by atoms with van der Waals surface area (Å²) in [5.74, 6) is -0.281. The summed E-state index contributed by atoms with van der Waals surface area (Å²) < 4.78 is 10.7. The molecular formula is C17H15ClN2O3. The van der Waals surface area contributed by atoms with Gasteiger partial charge in [-0.2, -0.15) is 0 Å². The Morgan fingerprint density at radius 1 is 1.30 bits per heavy atom. The number of nitrogens with one attached hydrogen (secondary N) is 1. The summed E-state index contributed by atoms with van der Waals surface area (Å²) in [6.45, 7) is 2.45. The van der Waals surface area contributed by atoms with E-state index in [-0.39, 0.29) is 12.4 Å². The van der Waals surface area contributed by atoms with Crippen molar-refractivity contribution in [1.82, 2.24) is 4.98 Å². The van der Waals surface area contributed by atoms with E-state index >= 15 is 0 Å². The standard InChI is InChI=1S/C17H15ClN2O3/c1-2-22-17(21)16-14(10-20-12-5-7-19-8-6-12)13-9-11(18)3-4-15(13)23-16/h3-9H,2,10H2,1H3,(H,19,20). The Bertz CT molecular complexity index is 830. The molecule has 0 saturated heterocycles. The molecular weight excluding hydrogens is 316 g/mol. The zero-order valence-corrected chi connectivity index (χ0v) is 13.3. The lowest BCUT2D eigenvalue weighted by atomic mass is 10.1. The molecule has 118 valence electrons. The summed E-state index contributed by atoms with van der Waals surface area (Å²) in [5, 5.41) is 4.62. The third-order valence-corrected chi connectivity index (χ3v) is 3.60. The number of carbonyl (C=O) groups is 1. The normalized spacial score (nSPS) is 10.7. The Morgan fingerprint density at radius 2 is 2.09 bits per heavy atom. The molecule has 0 radical (unpaired) electrons. The number of halogens is 1. The predicted octanol–water partition coefficient (Wildman–Crippen LogP) is 4.27. The zero-order valence-electron chi connectivity index (χ0n) is 12.5. The topological polar surface area (TPSA) is 64.4 Å². The van der Waals surface area contributed by atoms with Gasteiger partial charge < -0.3 is 14.5 Å². The zero-order chi connectivity index (χ0) is 16.2. The lowest BCUT2D eigenvalue weighted by molar-refractivity contribution is 0.0491. The van der Waals surface area contributed by atoms with Gasteiger partial charge in [-0.1, -0.05) is 11.6 Å². The summed E-state index contributed by atoms with van der Waals surface area (Å²) in [6, 6.07) is 8.95. The molecule has 0 amide bonds. The van der Waals surface area contributed by atoms with E-state index in [0.717, 1.165) is 16.6 Å². The van der Waals surface area contributed by atoms with Crippen LogP contribution in [0.15, 0.2) is 47.1 Å². The second kappa shape index (κ2) is 6.71. The second-order valence-corrected chi connectivity index (χ2v) is 5.30. The molecule has 0 bridgehead atoms. The smallest absolute Gasteiger partial charge is 0.374 e. The number of hydrogen-bond acceptors (Lipinski definition) is 5. The highest BCUT2D eigenvalue weighted by Crippen LogP contribution is 2.29. The summed E-state index contributed by atoms with van der Waals surface area (Å²) in [7, 11) is 0. The Morgan fingerprint density at radius 3 is 2.83 bits per heavy atom. The number of nitrogens with zero attached hydrogens (tertiary/aromatic N) is 1. The summed E-state index contributed by atoms with van der Waals surface area (Å²) >= 11 is 6.07. The van der Waals surface area contributed by atoms with Crippen LogP contribution >= 0.6 is 11.6 Å². The van der Waals surface area contributed by atoms with Crippen LogP contribution in [0.2, 0.25) is 5.02 Å². The molecule has 3 rings (SSSR count). The van der Waals surface area contributed by atoms with Crippen LogP contribution in [0.1, 0.15) is 23.0 Å². The third kappa shape index (κ3) is 3.29. The third-order valence-electron chi connectivity index (χ3n) is 3.36. The molecule has 0 fully saturated rings. The van der Waals surface area contributed by atoms with Crippen LogP contribution in [0.5, 0.6) is 0 Å². The number of rotatable bonds is 5. The lowest BCUT2D eigenvalue weighted by Crippen LogP contribution is -2.09. The molecule has 2 aromatic heterocycles. The van der Waals surface area contributed by atoms with E-state index in [1.807, 2.05) is 12.1 Å². The van der Waals surface area contributed by atoms with Crippen molar-refractivity contribution in [3.63, 3.8) is 0 Å². The lowest BCUT2D eigenvalue weighted by Gasteiger charge is -2.06. The number of benzene rings is 1. The van der Waals surface area contributed by atoms with Crippen molar-refractivity contribution in [2.75, 3.05) is 11.9 Å². The van der Waals surface area contributed by atoms with E-state index in [4.69, 9.17) is 20.8 Å². The minimum absolute atomic E-state index is 0.200. The van der Waals surface area contributed by atoms with Gasteiger partial charge in [0.2, 0.25) is 5.76 Å². The fourth-order valence-corrected chi connectivity index (χ4v) is 2.49. The molecule has 1 aromatic carbocycles. The molecule has 0 spiro atoms. The van der Waals surface area contributed by atoms with Crippen LogP contribution in [0.3, 0.4) is 0 Å². The average Bonchev–Trinajstić information content (AvgIpc) is 2.92. The summed E-state index contributed by atoms with van der Waals surface area (Å²) in [6.07, 6.45) is 3.39.